The number of hydrogen-bond acceptors (Lipinski definition) is 2. The maximum absolute atomic E-state index is 13.1. The van der Waals surface area contributed by atoms with Gasteiger partial charge in [-0.1, -0.05) is 6.92 Å². The Hall–Kier alpha value is -2.66. The Morgan fingerprint density at radius 3 is 2.62 bits per heavy atom. The van der Waals surface area contributed by atoms with E-state index in [1.54, 1.807) is 0 Å². The molecule has 152 valence electrons. The van der Waals surface area contributed by atoms with Crippen molar-refractivity contribution in [2.45, 2.75) is 45.1 Å². The fourth-order valence-electron chi connectivity index (χ4n) is 4.27. The maximum Gasteiger partial charge on any atom is 0.255 e. The van der Waals surface area contributed by atoms with Crippen LogP contribution in [0, 0.1) is 5.82 Å². The van der Waals surface area contributed by atoms with Crippen LogP contribution in [0.3, 0.4) is 0 Å². The number of carbonyl (C=O) groups is 1. The number of nitrogens with zero attached hydrogens (tertiary/aromatic N) is 1. The second-order valence-electron chi connectivity index (χ2n) is 8.03. The second-order valence-corrected chi connectivity index (χ2v) is 8.03. The van der Waals surface area contributed by atoms with Crippen LogP contribution in [0.5, 0.6) is 0 Å². The molecule has 4 nitrogen and oxygen atoms in total. The molecule has 2 heterocycles. The summed E-state index contributed by atoms with van der Waals surface area (Å²) in [6.07, 6.45) is 5.63. The molecule has 1 saturated heterocycles. The quantitative estimate of drug-likeness (QED) is 0.598. The molecule has 0 aliphatic carbocycles. The minimum absolute atomic E-state index is 0.233. The van der Waals surface area contributed by atoms with Crippen LogP contribution < -0.4 is 5.32 Å². The fraction of sp³-hybridized carbons (Fsp3) is 0.375. The molecule has 0 bridgehead atoms. The third-order valence-corrected chi connectivity index (χ3v) is 6.26. The summed E-state index contributed by atoms with van der Waals surface area (Å²) >= 11 is 0. The third kappa shape index (κ3) is 4.20. The zero-order valence-corrected chi connectivity index (χ0v) is 17.0. The van der Waals surface area contributed by atoms with E-state index in [0.717, 1.165) is 37.1 Å². The lowest BCUT2D eigenvalue weighted by Crippen LogP contribution is -2.39. The van der Waals surface area contributed by atoms with Gasteiger partial charge in [-0.3, -0.25) is 4.79 Å². The molecular weight excluding hydrogens is 365 g/mol. The van der Waals surface area contributed by atoms with Crippen LogP contribution in [0.1, 0.15) is 54.9 Å². The Balaban J connectivity index is 1.51. The van der Waals surface area contributed by atoms with E-state index in [4.69, 9.17) is 0 Å². The van der Waals surface area contributed by atoms with Crippen molar-refractivity contribution in [2.24, 2.45) is 0 Å². The molecule has 1 aromatic heterocycles. The monoisotopic (exact) mass is 393 g/mol. The fourth-order valence-corrected chi connectivity index (χ4v) is 4.27. The van der Waals surface area contributed by atoms with Gasteiger partial charge in [0.05, 0.1) is 0 Å². The first-order valence-electron chi connectivity index (χ1n) is 10.5. The highest BCUT2D eigenvalue weighted by Gasteiger charge is 2.24. The highest BCUT2D eigenvalue weighted by atomic mass is 19.1. The van der Waals surface area contributed by atoms with Crippen molar-refractivity contribution >= 4 is 22.5 Å². The SMILES string of the molecule is CCC(C)N1CCC(c2c[nH]c3ccc(NC(=O)c4ccc(F)cc4)cc23)CC1. The maximum atomic E-state index is 13.1. The number of fused-ring (bicyclic) bond motifs is 1. The summed E-state index contributed by atoms with van der Waals surface area (Å²) in [5, 5.41) is 4.11. The number of benzene rings is 2. The number of amides is 1. The van der Waals surface area contributed by atoms with Gasteiger partial charge < -0.3 is 15.2 Å². The number of rotatable bonds is 5. The molecule has 29 heavy (non-hydrogen) atoms. The Labute approximate surface area is 171 Å². The predicted octanol–water partition coefficient (Wildman–Crippen LogP) is 5.54. The largest absolute Gasteiger partial charge is 0.361 e. The summed E-state index contributed by atoms with van der Waals surface area (Å²) in [6.45, 7) is 6.82. The smallest absolute Gasteiger partial charge is 0.255 e. The van der Waals surface area contributed by atoms with Gasteiger partial charge in [-0.25, -0.2) is 4.39 Å². The Bertz CT molecular complexity index is 987. The Morgan fingerprint density at radius 1 is 1.21 bits per heavy atom. The summed E-state index contributed by atoms with van der Waals surface area (Å²) in [7, 11) is 0. The van der Waals surface area contributed by atoms with Crippen LogP contribution in [-0.2, 0) is 0 Å². The molecule has 1 amide bonds. The van der Waals surface area contributed by atoms with Crippen LogP contribution in [0.15, 0.2) is 48.7 Å². The second kappa shape index (κ2) is 8.37. The number of aromatic amines is 1. The van der Waals surface area contributed by atoms with Gasteiger partial charge in [0.25, 0.3) is 5.91 Å². The summed E-state index contributed by atoms with van der Waals surface area (Å²) in [5.74, 6) is -0.0466. The number of hydrogen-bond donors (Lipinski definition) is 2. The van der Waals surface area contributed by atoms with E-state index in [2.05, 4.69) is 35.2 Å². The van der Waals surface area contributed by atoms with Crippen LogP contribution in [0.2, 0.25) is 0 Å². The van der Waals surface area contributed by atoms with Crippen molar-refractivity contribution in [1.29, 1.82) is 0 Å². The molecule has 0 radical (unpaired) electrons. The Kier molecular flexibility index (Phi) is 5.67. The lowest BCUT2D eigenvalue weighted by Gasteiger charge is -2.35. The number of aromatic nitrogens is 1. The van der Waals surface area contributed by atoms with Gasteiger partial charge in [0.2, 0.25) is 0 Å². The van der Waals surface area contributed by atoms with Crippen molar-refractivity contribution in [3.8, 4) is 0 Å². The normalized spacial score (nSPS) is 16.8. The van der Waals surface area contributed by atoms with Crippen LogP contribution in [0.4, 0.5) is 10.1 Å². The molecule has 2 N–H and O–H groups in total. The van der Waals surface area contributed by atoms with Crippen molar-refractivity contribution in [3.05, 3.63) is 65.6 Å². The topological polar surface area (TPSA) is 48.1 Å². The average Bonchev–Trinajstić information content (AvgIpc) is 3.17. The lowest BCUT2D eigenvalue weighted by atomic mass is 9.88. The summed E-state index contributed by atoms with van der Waals surface area (Å²) < 4.78 is 13.1. The Morgan fingerprint density at radius 2 is 1.93 bits per heavy atom. The predicted molar refractivity (Wildman–Crippen MR) is 116 cm³/mol. The van der Waals surface area contributed by atoms with Gasteiger partial charge in [-0.15, -0.1) is 0 Å². The number of anilines is 1. The number of H-pyrrole nitrogens is 1. The molecule has 0 spiro atoms. The van der Waals surface area contributed by atoms with E-state index in [-0.39, 0.29) is 11.7 Å². The highest BCUT2D eigenvalue weighted by Crippen LogP contribution is 2.35. The molecule has 1 fully saturated rings. The van der Waals surface area contributed by atoms with Crippen molar-refractivity contribution < 1.29 is 9.18 Å². The highest BCUT2D eigenvalue weighted by molar-refractivity contribution is 6.05. The summed E-state index contributed by atoms with van der Waals surface area (Å²) in [5.41, 5.74) is 3.62. The number of likely N-dealkylation sites (tertiary alicyclic amines) is 1. The summed E-state index contributed by atoms with van der Waals surface area (Å²) in [4.78, 5) is 18.4. The zero-order valence-electron chi connectivity index (χ0n) is 17.0. The molecule has 1 aliphatic rings. The van der Waals surface area contributed by atoms with Crippen molar-refractivity contribution in [3.63, 3.8) is 0 Å². The van der Waals surface area contributed by atoms with Crippen molar-refractivity contribution in [1.82, 2.24) is 9.88 Å². The molecule has 0 saturated carbocycles. The van der Waals surface area contributed by atoms with Gasteiger partial charge in [-0.05, 0) is 93.2 Å². The van der Waals surface area contributed by atoms with Gasteiger partial charge >= 0.3 is 0 Å². The van der Waals surface area contributed by atoms with E-state index in [1.165, 1.54) is 41.6 Å². The van der Waals surface area contributed by atoms with E-state index >= 15 is 0 Å². The number of carbonyl (C=O) groups excluding carboxylic acids is 1. The first-order chi connectivity index (χ1) is 14.0. The van der Waals surface area contributed by atoms with E-state index in [1.807, 2.05) is 18.2 Å². The van der Waals surface area contributed by atoms with Crippen LogP contribution >= 0.6 is 0 Å². The minimum Gasteiger partial charge on any atom is -0.361 e. The molecule has 1 atom stereocenters. The molecule has 2 aromatic carbocycles. The van der Waals surface area contributed by atoms with E-state index in [9.17, 15) is 9.18 Å². The number of nitrogens with one attached hydrogen (secondary N) is 2. The van der Waals surface area contributed by atoms with Crippen LogP contribution in [-0.4, -0.2) is 34.9 Å². The third-order valence-electron chi connectivity index (χ3n) is 6.26. The van der Waals surface area contributed by atoms with E-state index in [0.29, 0.717) is 17.5 Å². The number of piperidine rings is 1. The first kappa shape index (κ1) is 19.6. The first-order valence-corrected chi connectivity index (χ1v) is 10.5. The molecule has 5 heteroatoms. The van der Waals surface area contributed by atoms with Gasteiger partial charge in [0.15, 0.2) is 0 Å². The van der Waals surface area contributed by atoms with E-state index < -0.39 is 0 Å². The summed E-state index contributed by atoms with van der Waals surface area (Å²) in [6, 6.07) is 12.2. The minimum atomic E-state index is -0.348. The number of halogens is 1. The average molecular weight is 394 g/mol. The molecule has 1 unspecified atom stereocenters. The van der Waals surface area contributed by atoms with Gasteiger partial charge in [0.1, 0.15) is 5.82 Å². The molecular formula is C24H28FN3O. The van der Waals surface area contributed by atoms with Gasteiger partial charge in [0, 0.05) is 34.4 Å². The molecule has 4 rings (SSSR count). The molecule has 1 aliphatic heterocycles. The van der Waals surface area contributed by atoms with Crippen LogP contribution in [0.25, 0.3) is 10.9 Å². The van der Waals surface area contributed by atoms with Crippen molar-refractivity contribution in [2.75, 3.05) is 18.4 Å². The van der Waals surface area contributed by atoms with Gasteiger partial charge in [-0.2, -0.15) is 0 Å². The molecule has 3 aromatic rings. The standard InChI is InChI=1S/C24H28FN3O/c1-3-16(2)28-12-10-17(11-13-28)22-15-26-23-9-8-20(14-21(22)23)27-24(29)18-4-6-19(25)7-5-18/h4-9,14-17,26H,3,10-13H2,1-2H3,(H,27,29). The zero-order chi connectivity index (χ0) is 20.4. The lowest BCUT2D eigenvalue weighted by molar-refractivity contribution is 0.102.